The quantitative estimate of drug-likeness (QED) is 0.471. The van der Waals surface area contributed by atoms with Gasteiger partial charge in [-0.05, 0) is 12.5 Å². The maximum Gasteiger partial charge on any atom is 0.211 e. The third kappa shape index (κ3) is 4.31. The van der Waals surface area contributed by atoms with Gasteiger partial charge in [0.05, 0.1) is 17.5 Å². The third-order valence-corrected chi connectivity index (χ3v) is 7.78. The highest BCUT2D eigenvalue weighted by Crippen LogP contribution is 2.34. The number of rotatable bonds is 5. The molecule has 8 nitrogen and oxygen atoms in total. The monoisotopic (exact) mass is 568 g/mol. The van der Waals surface area contributed by atoms with Crippen LogP contribution in [0.2, 0.25) is 5.02 Å². The Morgan fingerprint density at radius 1 is 1.38 bits per heavy atom. The lowest BCUT2D eigenvalue weighted by atomic mass is 10.2. The van der Waals surface area contributed by atoms with E-state index in [0.717, 1.165) is 11.6 Å². The molecule has 154 valence electrons. The third-order valence-electron chi connectivity index (χ3n) is 4.60. The van der Waals surface area contributed by atoms with Gasteiger partial charge >= 0.3 is 0 Å². The average molecular weight is 569 g/mol. The van der Waals surface area contributed by atoms with Crippen LogP contribution in [0.5, 0.6) is 0 Å². The van der Waals surface area contributed by atoms with E-state index in [2.05, 4.69) is 41.5 Å². The predicted octanol–water partition coefficient (Wildman–Crippen LogP) is 3.58. The number of hydrogen-bond donors (Lipinski definition) is 1. The fourth-order valence-electron chi connectivity index (χ4n) is 3.22. The summed E-state index contributed by atoms with van der Waals surface area (Å²) in [6.07, 6.45) is 6.22. The number of nitrogens with one attached hydrogen (secondary N) is 1. The lowest BCUT2D eigenvalue weighted by molar-refractivity contribution is 0.480. The van der Waals surface area contributed by atoms with Crippen molar-refractivity contribution in [2.24, 2.45) is 0 Å². The van der Waals surface area contributed by atoms with Gasteiger partial charge in [0.1, 0.15) is 0 Å². The van der Waals surface area contributed by atoms with E-state index in [4.69, 9.17) is 11.6 Å². The van der Waals surface area contributed by atoms with Crippen molar-refractivity contribution in [1.82, 2.24) is 23.2 Å². The van der Waals surface area contributed by atoms with Gasteiger partial charge in [-0.1, -0.05) is 11.6 Å². The van der Waals surface area contributed by atoms with E-state index in [-0.39, 0.29) is 18.4 Å². The van der Waals surface area contributed by atoms with Crippen molar-refractivity contribution in [2.75, 3.05) is 24.7 Å². The zero-order valence-corrected chi connectivity index (χ0v) is 19.6. The molecule has 0 aromatic carbocycles. The van der Waals surface area contributed by atoms with Crippen LogP contribution in [-0.4, -0.2) is 57.0 Å². The Bertz CT molecular complexity index is 1190. The van der Waals surface area contributed by atoms with Crippen molar-refractivity contribution >= 4 is 68.8 Å². The zero-order valence-electron chi connectivity index (χ0n) is 15.0. The summed E-state index contributed by atoms with van der Waals surface area (Å²) in [7, 11) is -1.85. The van der Waals surface area contributed by atoms with E-state index < -0.39 is 15.8 Å². The number of nitrogens with zero attached hydrogens (tertiary/aromatic N) is 5. The van der Waals surface area contributed by atoms with Crippen LogP contribution in [0.3, 0.4) is 0 Å². The molecule has 4 rings (SSSR count). The first-order valence-electron chi connectivity index (χ1n) is 8.46. The molecule has 3 aromatic rings. The lowest BCUT2D eigenvalue weighted by Gasteiger charge is -2.15. The molecule has 0 spiro atoms. The number of fused-ring (bicyclic) bond motifs is 1. The van der Waals surface area contributed by atoms with Crippen molar-refractivity contribution < 1.29 is 12.8 Å². The van der Waals surface area contributed by atoms with Crippen LogP contribution in [0, 0.1) is 5.82 Å². The van der Waals surface area contributed by atoms with Crippen LogP contribution in [-0.2, 0) is 10.0 Å². The topological polar surface area (TPSA) is 93.0 Å². The standard InChI is InChI=1S/C16H15ClFIN6O2S2/c1-29(26,27)24-3-2-10(7-24)22-15-13(18)6-20-14(23-15)12-8-25(28-19)16-11(12)4-9(17)5-21-16/h4-6,8,10H,2-3,7H2,1H3,(H,20,22,23)/t10-/m0/s1. The molecule has 1 N–H and O–H groups in total. The maximum atomic E-state index is 14.4. The molecule has 3 aromatic heterocycles. The molecule has 0 unspecified atom stereocenters. The van der Waals surface area contributed by atoms with Gasteiger partial charge in [-0.2, -0.15) is 0 Å². The smallest absolute Gasteiger partial charge is 0.211 e. The van der Waals surface area contributed by atoms with Crippen LogP contribution in [0.1, 0.15) is 6.42 Å². The van der Waals surface area contributed by atoms with Crippen molar-refractivity contribution in [3.63, 3.8) is 0 Å². The second-order valence-corrected chi connectivity index (χ2v) is 10.7. The van der Waals surface area contributed by atoms with Gasteiger partial charge in [-0.3, -0.25) is 3.97 Å². The SMILES string of the molecule is CS(=O)(=O)N1CC[C@H](Nc2nc(-c3cn(SI)c4ncc(Cl)cc34)ncc2F)C1. The van der Waals surface area contributed by atoms with Gasteiger partial charge in [0.15, 0.2) is 23.1 Å². The van der Waals surface area contributed by atoms with Crippen molar-refractivity contribution in [3.8, 4) is 11.4 Å². The Kier molecular flexibility index (Phi) is 5.90. The summed E-state index contributed by atoms with van der Waals surface area (Å²) in [4.78, 5) is 12.8. The van der Waals surface area contributed by atoms with Crippen LogP contribution in [0.25, 0.3) is 22.4 Å². The number of sulfonamides is 1. The molecule has 1 fully saturated rings. The highest BCUT2D eigenvalue weighted by Gasteiger charge is 2.29. The Morgan fingerprint density at radius 2 is 2.17 bits per heavy atom. The summed E-state index contributed by atoms with van der Waals surface area (Å²) >= 11 is 8.24. The van der Waals surface area contributed by atoms with Crippen molar-refractivity contribution in [2.45, 2.75) is 12.5 Å². The highest BCUT2D eigenvalue weighted by atomic mass is 127. The van der Waals surface area contributed by atoms with Gasteiger partial charge in [-0.25, -0.2) is 32.1 Å². The van der Waals surface area contributed by atoms with E-state index >= 15 is 0 Å². The van der Waals surface area contributed by atoms with Crippen molar-refractivity contribution in [1.29, 1.82) is 0 Å². The summed E-state index contributed by atoms with van der Waals surface area (Å²) in [6.45, 7) is 0.655. The largest absolute Gasteiger partial charge is 0.363 e. The number of hydrogen-bond acceptors (Lipinski definition) is 7. The van der Waals surface area contributed by atoms with E-state index in [1.54, 1.807) is 12.3 Å². The van der Waals surface area contributed by atoms with E-state index in [0.29, 0.717) is 35.0 Å². The van der Waals surface area contributed by atoms with Crippen LogP contribution >= 0.6 is 41.9 Å². The average Bonchev–Trinajstić information content (AvgIpc) is 3.28. The Hall–Kier alpha value is -1.22. The Labute approximate surface area is 188 Å². The molecule has 1 aliphatic rings. The van der Waals surface area contributed by atoms with Gasteiger partial charge in [0.25, 0.3) is 0 Å². The molecule has 13 heteroatoms. The normalized spacial score (nSPS) is 17.9. The second kappa shape index (κ2) is 8.13. The lowest BCUT2D eigenvalue weighted by Crippen LogP contribution is -2.31. The van der Waals surface area contributed by atoms with Crippen LogP contribution in [0.4, 0.5) is 10.2 Å². The maximum absolute atomic E-state index is 14.4. The minimum absolute atomic E-state index is 0.0355. The van der Waals surface area contributed by atoms with Crippen LogP contribution in [0.15, 0.2) is 24.7 Å². The Balaban J connectivity index is 1.68. The molecule has 29 heavy (non-hydrogen) atoms. The molecule has 0 aliphatic carbocycles. The molecular formula is C16H15ClFIN6O2S2. The van der Waals surface area contributed by atoms with E-state index in [1.807, 2.05) is 10.2 Å². The summed E-state index contributed by atoms with van der Waals surface area (Å²) in [5, 5.41) is 4.24. The van der Waals surface area contributed by atoms with E-state index in [1.165, 1.54) is 19.7 Å². The first kappa shape index (κ1) is 21.0. The Morgan fingerprint density at radius 3 is 2.86 bits per heavy atom. The predicted molar refractivity (Wildman–Crippen MR) is 121 cm³/mol. The first-order valence-corrected chi connectivity index (χ1v) is 14.0. The fraction of sp³-hybridized carbons (Fsp3) is 0.312. The molecule has 0 radical (unpaired) electrons. The first-order chi connectivity index (χ1) is 13.8. The van der Waals surface area contributed by atoms with Gasteiger partial charge in [0.2, 0.25) is 10.0 Å². The number of anilines is 1. The second-order valence-electron chi connectivity index (χ2n) is 6.60. The molecular weight excluding hydrogens is 554 g/mol. The fourth-order valence-corrected chi connectivity index (χ4v) is 5.53. The minimum Gasteiger partial charge on any atom is -0.363 e. The molecule has 1 aliphatic heterocycles. The number of pyridine rings is 1. The molecule has 0 saturated carbocycles. The number of aromatic nitrogens is 4. The van der Waals surface area contributed by atoms with Crippen molar-refractivity contribution in [3.05, 3.63) is 35.5 Å². The van der Waals surface area contributed by atoms with Gasteiger partial charge < -0.3 is 5.32 Å². The summed E-state index contributed by atoms with van der Waals surface area (Å²) < 4.78 is 41.0. The summed E-state index contributed by atoms with van der Waals surface area (Å²) in [6, 6.07) is 1.54. The van der Waals surface area contributed by atoms with Crippen LogP contribution < -0.4 is 5.32 Å². The van der Waals surface area contributed by atoms with Gasteiger partial charge in [0, 0.05) is 72.8 Å². The molecule has 4 heterocycles. The number of halogens is 3. The van der Waals surface area contributed by atoms with Gasteiger partial charge in [-0.15, -0.1) is 0 Å². The highest BCUT2D eigenvalue weighted by molar-refractivity contribution is 14.2. The zero-order chi connectivity index (χ0) is 20.8. The van der Waals surface area contributed by atoms with E-state index in [9.17, 15) is 12.8 Å². The molecule has 0 bridgehead atoms. The minimum atomic E-state index is -3.28. The summed E-state index contributed by atoms with van der Waals surface area (Å²) in [5.41, 5.74) is 1.37. The summed E-state index contributed by atoms with van der Waals surface area (Å²) in [5.74, 6) is -0.242. The molecule has 0 amide bonds. The molecule has 1 saturated heterocycles. The molecule has 1 atom stereocenters.